The fourth-order valence-corrected chi connectivity index (χ4v) is 4.28. The number of anilines is 1. The molecule has 0 aromatic carbocycles. The molecule has 3 aliphatic rings. The number of nitro groups is 1. The fourth-order valence-electron chi connectivity index (χ4n) is 4.28. The zero-order valence-electron chi connectivity index (χ0n) is 15.8. The van der Waals surface area contributed by atoms with Gasteiger partial charge < -0.3 is 20.9 Å². The highest BCUT2D eigenvalue weighted by molar-refractivity contribution is 5.78. The molecule has 1 aromatic heterocycles. The maximum atomic E-state index is 11.4. The summed E-state index contributed by atoms with van der Waals surface area (Å²) in [6.07, 6.45) is 6.78. The molecule has 0 radical (unpaired) electrons. The first kappa shape index (κ1) is 18.6. The van der Waals surface area contributed by atoms with Crippen LogP contribution in [0.25, 0.3) is 0 Å². The molecule has 0 bridgehead atoms. The van der Waals surface area contributed by atoms with Crippen LogP contribution in [-0.4, -0.2) is 53.2 Å². The first-order valence-corrected chi connectivity index (χ1v) is 9.70. The average Bonchev–Trinajstić information content (AvgIpc) is 3.23. The van der Waals surface area contributed by atoms with E-state index in [0.29, 0.717) is 5.69 Å². The third-order valence-corrected chi connectivity index (χ3v) is 5.77. The summed E-state index contributed by atoms with van der Waals surface area (Å²) in [5, 5.41) is 14.7. The minimum atomic E-state index is -1.35. The number of piperazine rings is 1. The van der Waals surface area contributed by atoms with Crippen molar-refractivity contribution in [1.29, 1.82) is 0 Å². The highest BCUT2D eigenvalue weighted by atomic mass is 16.6. The number of rotatable bonds is 4. The molecule has 2 aliphatic heterocycles. The minimum absolute atomic E-state index is 0.00652. The number of aliphatic imine (C=N–C) groups is 1. The Bertz CT molecular complexity index is 796. The molecule has 10 nitrogen and oxygen atoms in total. The Kier molecular flexibility index (Phi) is 4.90. The van der Waals surface area contributed by atoms with Gasteiger partial charge >= 0.3 is 5.70 Å². The van der Waals surface area contributed by atoms with E-state index in [4.69, 9.17) is 11.5 Å². The lowest BCUT2D eigenvalue weighted by Gasteiger charge is -2.43. The Morgan fingerprint density at radius 2 is 1.96 bits per heavy atom. The molecule has 1 aliphatic carbocycles. The Balaban J connectivity index is 1.68. The maximum Gasteiger partial charge on any atom is 0.326 e. The van der Waals surface area contributed by atoms with Gasteiger partial charge in [-0.3, -0.25) is 20.8 Å². The van der Waals surface area contributed by atoms with E-state index in [1.165, 1.54) is 0 Å². The monoisotopic (exact) mass is 386 g/mol. The van der Waals surface area contributed by atoms with Crippen molar-refractivity contribution < 1.29 is 4.92 Å². The second kappa shape index (κ2) is 7.36. The third kappa shape index (κ3) is 3.18. The van der Waals surface area contributed by atoms with Gasteiger partial charge in [0, 0.05) is 32.2 Å². The second-order valence-corrected chi connectivity index (χ2v) is 7.46. The van der Waals surface area contributed by atoms with E-state index >= 15 is 0 Å². The second-order valence-electron chi connectivity index (χ2n) is 7.46. The van der Waals surface area contributed by atoms with Crippen LogP contribution in [-0.2, 0) is 5.79 Å². The Hall–Kier alpha value is -2.72. The standard InChI is InChI=1S/C18H26N8O2/c19-17-15(26(27)28)12-23-18(20,25(17)13-3-1-2-4-13)16-6-5-14(11-22-16)24-9-7-21-8-10-24/h5-6,11-13,21H,1-4,7-10,19-20H2. The fraction of sp³-hybridized carbons (Fsp3) is 0.556. The van der Waals surface area contributed by atoms with Gasteiger partial charge in [0.25, 0.3) is 0 Å². The van der Waals surface area contributed by atoms with E-state index in [0.717, 1.165) is 63.8 Å². The van der Waals surface area contributed by atoms with Crippen LogP contribution in [0.5, 0.6) is 0 Å². The van der Waals surface area contributed by atoms with Gasteiger partial charge in [-0.25, -0.2) is 4.99 Å². The van der Waals surface area contributed by atoms with Gasteiger partial charge in [0.15, 0.2) is 5.82 Å². The topological polar surface area (TPSA) is 139 Å². The largest absolute Gasteiger partial charge is 0.379 e. The first-order valence-electron chi connectivity index (χ1n) is 9.70. The van der Waals surface area contributed by atoms with Crippen LogP contribution in [0.15, 0.2) is 34.8 Å². The molecule has 150 valence electrons. The average molecular weight is 386 g/mol. The van der Waals surface area contributed by atoms with Crippen molar-refractivity contribution in [3.63, 3.8) is 0 Å². The molecule has 5 N–H and O–H groups in total. The van der Waals surface area contributed by atoms with Crippen LogP contribution in [0, 0.1) is 10.1 Å². The van der Waals surface area contributed by atoms with Gasteiger partial charge in [0.2, 0.25) is 5.79 Å². The highest BCUT2D eigenvalue weighted by Gasteiger charge is 2.46. The van der Waals surface area contributed by atoms with E-state index < -0.39 is 10.7 Å². The van der Waals surface area contributed by atoms with Gasteiger partial charge in [-0.05, 0) is 25.0 Å². The lowest BCUT2D eigenvalue weighted by atomic mass is 10.1. The summed E-state index contributed by atoms with van der Waals surface area (Å²) in [7, 11) is 0. The van der Waals surface area contributed by atoms with Crippen molar-refractivity contribution in [1.82, 2.24) is 15.2 Å². The van der Waals surface area contributed by atoms with Crippen LogP contribution in [0.1, 0.15) is 31.4 Å². The molecule has 1 atom stereocenters. The molecule has 1 saturated heterocycles. The Morgan fingerprint density at radius 3 is 2.57 bits per heavy atom. The number of pyridine rings is 1. The number of hydrogen-bond acceptors (Lipinski definition) is 9. The molecule has 1 saturated carbocycles. The minimum Gasteiger partial charge on any atom is -0.379 e. The van der Waals surface area contributed by atoms with Crippen molar-refractivity contribution in [2.45, 2.75) is 37.5 Å². The molecule has 2 fully saturated rings. The summed E-state index contributed by atoms with van der Waals surface area (Å²) in [5.74, 6) is -1.29. The van der Waals surface area contributed by atoms with E-state index in [-0.39, 0.29) is 17.6 Å². The molecular formula is C18H26N8O2. The van der Waals surface area contributed by atoms with Crippen LogP contribution >= 0.6 is 0 Å². The molecule has 0 spiro atoms. The number of hydrogen-bond donors (Lipinski definition) is 3. The van der Waals surface area contributed by atoms with E-state index in [9.17, 15) is 10.1 Å². The Labute approximate surface area is 163 Å². The third-order valence-electron chi connectivity index (χ3n) is 5.77. The summed E-state index contributed by atoms with van der Waals surface area (Å²) in [6, 6.07) is 3.83. The van der Waals surface area contributed by atoms with Gasteiger partial charge in [-0.15, -0.1) is 0 Å². The van der Waals surface area contributed by atoms with Gasteiger partial charge in [-0.2, -0.15) is 0 Å². The first-order chi connectivity index (χ1) is 13.5. The zero-order valence-corrected chi connectivity index (χ0v) is 15.8. The molecule has 28 heavy (non-hydrogen) atoms. The smallest absolute Gasteiger partial charge is 0.326 e. The van der Waals surface area contributed by atoms with E-state index in [1.807, 2.05) is 12.1 Å². The Morgan fingerprint density at radius 1 is 1.25 bits per heavy atom. The van der Waals surface area contributed by atoms with Crippen molar-refractivity contribution in [2.24, 2.45) is 16.5 Å². The summed E-state index contributed by atoms with van der Waals surface area (Å²) in [5.41, 5.74) is 14.2. The SMILES string of the molecule is NC1=C([N+](=O)[O-])C=NC(N)(c2ccc(N3CCNCC3)cn2)N1C1CCCC1. The summed E-state index contributed by atoms with van der Waals surface area (Å²) < 4.78 is 0. The molecular weight excluding hydrogens is 360 g/mol. The summed E-state index contributed by atoms with van der Waals surface area (Å²) in [4.78, 5) is 23.8. The molecule has 0 amide bonds. The van der Waals surface area contributed by atoms with Crippen molar-refractivity contribution >= 4 is 11.9 Å². The maximum absolute atomic E-state index is 11.4. The van der Waals surface area contributed by atoms with Crippen LogP contribution in [0.4, 0.5) is 5.69 Å². The van der Waals surface area contributed by atoms with Gasteiger partial charge in [0.1, 0.15) is 11.9 Å². The van der Waals surface area contributed by atoms with Crippen LogP contribution < -0.4 is 21.7 Å². The number of aromatic nitrogens is 1. The number of nitrogens with one attached hydrogen (secondary N) is 1. The number of nitrogens with zero attached hydrogens (tertiary/aromatic N) is 5. The zero-order chi connectivity index (χ0) is 19.7. The van der Waals surface area contributed by atoms with E-state index in [2.05, 4.69) is 20.2 Å². The van der Waals surface area contributed by atoms with Crippen LogP contribution in [0.3, 0.4) is 0 Å². The summed E-state index contributed by atoms with van der Waals surface area (Å²) in [6.45, 7) is 3.71. The van der Waals surface area contributed by atoms with Crippen molar-refractivity contribution in [3.8, 4) is 0 Å². The van der Waals surface area contributed by atoms with Crippen molar-refractivity contribution in [3.05, 3.63) is 45.7 Å². The molecule has 3 heterocycles. The number of nitrogens with two attached hydrogens (primary N) is 2. The predicted molar refractivity (Wildman–Crippen MR) is 106 cm³/mol. The van der Waals surface area contributed by atoms with E-state index in [1.54, 1.807) is 11.1 Å². The highest BCUT2D eigenvalue weighted by Crippen LogP contribution is 2.37. The van der Waals surface area contributed by atoms with Gasteiger partial charge in [-0.1, -0.05) is 12.8 Å². The predicted octanol–water partition coefficient (Wildman–Crippen LogP) is 0.294. The lowest BCUT2D eigenvalue weighted by Crippen LogP contribution is -2.59. The molecule has 1 aromatic rings. The quantitative estimate of drug-likeness (QED) is 0.496. The molecule has 4 rings (SSSR count). The van der Waals surface area contributed by atoms with Crippen LogP contribution in [0.2, 0.25) is 0 Å². The molecule has 1 unspecified atom stereocenters. The number of allylic oxidation sites excluding steroid dienone is 1. The lowest BCUT2D eigenvalue weighted by molar-refractivity contribution is -0.417. The molecule has 10 heteroatoms. The van der Waals surface area contributed by atoms with Crippen molar-refractivity contribution in [2.75, 3.05) is 31.1 Å². The van der Waals surface area contributed by atoms with Gasteiger partial charge in [0.05, 0.1) is 16.8 Å². The normalized spacial score (nSPS) is 26.2. The summed E-state index contributed by atoms with van der Waals surface area (Å²) >= 11 is 0.